The third-order valence-corrected chi connectivity index (χ3v) is 2.99. The van der Waals surface area contributed by atoms with Crippen molar-refractivity contribution in [2.75, 3.05) is 0 Å². The summed E-state index contributed by atoms with van der Waals surface area (Å²) in [4.78, 5) is 0. The molecule has 0 N–H and O–H groups in total. The highest BCUT2D eigenvalue weighted by Gasteiger charge is 2.17. The number of aromatic nitrogens is 3. The van der Waals surface area contributed by atoms with Crippen LogP contribution in [-0.2, 0) is 13.0 Å². The molecule has 0 unspecified atom stereocenters. The molecule has 1 aromatic carbocycles. The van der Waals surface area contributed by atoms with Crippen LogP contribution in [0.3, 0.4) is 0 Å². The van der Waals surface area contributed by atoms with Crippen molar-refractivity contribution in [3.63, 3.8) is 0 Å². The maximum absolute atomic E-state index is 12.8. The zero-order chi connectivity index (χ0) is 11.0. The van der Waals surface area contributed by atoms with Crippen LogP contribution >= 0.6 is 0 Å². The fourth-order valence-corrected chi connectivity index (χ4v) is 2.15. The fourth-order valence-electron chi connectivity index (χ4n) is 2.15. The van der Waals surface area contributed by atoms with Crippen LogP contribution in [0.25, 0.3) is 11.3 Å². The lowest BCUT2D eigenvalue weighted by atomic mass is 10.0. The molecule has 0 spiro atoms. The topological polar surface area (TPSA) is 30.7 Å². The van der Waals surface area contributed by atoms with Gasteiger partial charge in [-0.1, -0.05) is 5.21 Å². The predicted molar refractivity (Wildman–Crippen MR) is 58.4 cm³/mol. The summed E-state index contributed by atoms with van der Waals surface area (Å²) in [7, 11) is 0. The van der Waals surface area contributed by atoms with Gasteiger partial charge in [-0.05, 0) is 43.5 Å². The van der Waals surface area contributed by atoms with Crippen LogP contribution in [0, 0.1) is 5.82 Å². The predicted octanol–water partition coefficient (Wildman–Crippen LogP) is 2.42. The van der Waals surface area contributed by atoms with Crippen LogP contribution in [0.15, 0.2) is 24.3 Å². The van der Waals surface area contributed by atoms with Crippen LogP contribution < -0.4 is 0 Å². The molecule has 0 bridgehead atoms. The van der Waals surface area contributed by atoms with E-state index in [0.29, 0.717) is 0 Å². The lowest BCUT2D eigenvalue weighted by Crippen LogP contribution is -2.11. The lowest BCUT2D eigenvalue weighted by Gasteiger charge is -2.12. The average Bonchev–Trinajstić information content (AvgIpc) is 2.74. The second kappa shape index (κ2) is 3.70. The highest BCUT2D eigenvalue weighted by molar-refractivity contribution is 5.61. The van der Waals surface area contributed by atoms with Gasteiger partial charge in [-0.25, -0.2) is 9.07 Å². The zero-order valence-corrected chi connectivity index (χ0v) is 8.86. The van der Waals surface area contributed by atoms with Gasteiger partial charge in [-0.2, -0.15) is 0 Å². The first kappa shape index (κ1) is 9.51. The van der Waals surface area contributed by atoms with Gasteiger partial charge in [0.1, 0.15) is 11.5 Å². The van der Waals surface area contributed by atoms with Crippen LogP contribution in [0.5, 0.6) is 0 Å². The number of aryl methyl sites for hydroxylation is 1. The number of rotatable bonds is 1. The van der Waals surface area contributed by atoms with Crippen LogP contribution in [0.4, 0.5) is 4.39 Å². The summed E-state index contributed by atoms with van der Waals surface area (Å²) < 4.78 is 14.8. The van der Waals surface area contributed by atoms with E-state index in [2.05, 4.69) is 10.3 Å². The summed E-state index contributed by atoms with van der Waals surface area (Å²) in [5, 5.41) is 8.32. The van der Waals surface area contributed by atoms with Crippen molar-refractivity contribution in [1.29, 1.82) is 0 Å². The number of halogens is 1. The molecule has 3 rings (SSSR count). The van der Waals surface area contributed by atoms with Gasteiger partial charge in [0.05, 0.1) is 5.69 Å². The maximum atomic E-state index is 12.8. The molecule has 0 amide bonds. The maximum Gasteiger partial charge on any atom is 0.123 e. The molecule has 0 saturated heterocycles. The highest BCUT2D eigenvalue weighted by atomic mass is 19.1. The van der Waals surface area contributed by atoms with Gasteiger partial charge in [0, 0.05) is 12.1 Å². The van der Waals surface area contributed by atoms with Crippen molar-refractivity contribution in [3.05, 3.63) is 35.8 Å². The van der Waals surface area contributed by atoms with E-state index >= 15 is 0 Å². The molecular weight excluding hydrogens is 205 g/mol. The Morgan fingerprint density at radius 3 is 2.75 bits per heavy atom. The largest absolute Gasteiger partial charge is 0.249 e. The summed E-state index contributed by atoms with van der Waals surface area (Å²) in [6.07, 6.45) is 3.36. The van der Waals surface area contributed by atoms with Gasteiger partial charge in [0.15, 0.2) is 0 Å². The SMILES string of the molecule is Fc1ccc(-c2nnn3c2CCCC3)cc1. The molecule has 4 heteroatoms. The molecular formula is C12H12FN3. The minimum Gasteiger partial charge on any atom is -0.249 e. The molecule has 82 valence electrons. The Morgan fingerprint density at radius 1 is 1.12 bits per heavy atom. The van der Waals surface area contributed by atoms with Gasteiger partial charge in [-0.15, -0.1) is 5.10 Å². The normalized spacial score (nSPS) is 14.8. The van der Waals surface area contributed by atoms with E-state index in [1.807, 2.05) is 4.68 Å². The number of fused-ring (bicyclic) bond motifs is 1. The minimum atomic E-state index is -0.218. The third-order valence-electron chi connectivity index (χ3n) is 2.99. The first-order valence-electron chi connectivity index (χ1n) is 5.53. The van der Waals surface area contributed by atoms with Crippen LogP contribution in [0.1, 0.15) is 18.5 Å². The quantitative estimate of drug-likeness (QED) is 0.734. The van der Waals surface area contributed by atoms with Crippen molar-refractivity contribution in [2.24, 2.45) is 0 Å². The number of hydrogen-bond acceptors (Lipinski definition) is 2. The van der Waals surface area contributed by atoms with Gasteiger partial charge in [0.25, 0.3) is 0 Å². The van der Waals surface area contributed by atoms with Gasteiger partial charge in [0.2, 0.25) is 0 Å². The summed E-state index contributed by atoms with van der Waals surface area (Å²) >= 11 is 0. The van der Waals surface area contributed by atoms with Gasteiger partial charge < -0.3 is 0 Å². The second-order valence-electron chi connectivity index (χ2n) is 4.07. The Labute approximate surface area is 92.9 Å². The molecule has 0 aliphatic carbocycles. The van der Waals surface area contributed by atoms with E-state index in [0.717, 1.165) is 24.2 Å². The van der Waals surface area contributed by atoms with E-state index in [-0.39, 0.29) is 5.82 Å². The Hall–Kier alpha value is -1.71. The Bertz CT molecular complexity index is 501. The Kier molecular flexibility index (Phi) is 2.20. The fraction of sp³-hybridized carbons (Fsp3) is 0.333. The smallest absolute Gasteiger partial charge is 0.123 e. The molecule has 16 heavy (non-hydrogen) atoms. The zero-order valence-electron chi connectivity index (χ0n) is 8.86. The molecule has 0 saturated carbocycles. The molecule has 1 aliphatic rings. The molecule has 0 fully saturated rings. The Balaban J connectivity index is 2.06. The summed E-state index contributed by atoms with van der Waals surface area (Å²) in [5.74, 6) is -0.218. The Morgan fingerprint density at radius 2 is 1.94 bits per heavy atom. The highest BCUT2D eigenvalue weighted by Crippen LogP contribution is 2.25. The molecule has 3 nitrogen and oxygen atoms in total. The van der Waals surface area contributed by atoms with Gasteiger partial charge >= 0.3 is 0 Å². The third kappa shape index (κ3) is 1.50. The number of benzene rings is 1. The molecule has 2 aromatic rings. The van der Waals surface area contributed by atoms with Crippen molar-refractivity contribution in [3.8, 4) is 11.3 Å². The van der Waals surface area contributed by atoms with Crippen molar-refractivity contribution >= 4 is 0 Å². The summed E-state index contributed by atoms with van der Waals surface area (Å²) in [6.45, 7) is 0.948. The minimum absolute atomic E-state index is 0.218. The van der Waals surface area contributed by atoms with E-state index < -0.39 is 0 Å². The molecule has 0 radical (unpaired) electrons. The van der Waals surface area contributed by atoms with Crippen molar-refractivity contribution in [1.82, 2.24) is 15.0 Å². The van der Waals surface area contributed by atoms with Crippen molar-refractivity contribution < 1.29 is 4.39 Å². The van der Waals surface area contributed by atoms with Gasteiger partial charge in [-0.3, -0.25) is 0 Å². The van der Waals surface area contributed by atoms with E-state index in [4.69, 9.17) is 0 Å². The first-order chi connectivity index (χ1) is 7.84. The van der Waals surface area contributed by atoms with Crippen LogP contribution in [-0.4, -0.2) is 15.0 Å². The first-order valence-corrected chi connectivity index (χ1v) is 5.53. The molecule has 2 heterocycles. The van der Waals surface area contributed by atoms with E-state index in [1.54, 1.807) is 12.1 Å². The molecule has 1 aliphatic heterocycles. The van der Waals surface area contributed by atoms with E-state index in [9.17, 15) is 4.39 Å². The summed E-state index contributed by atoms with van der Waals surface area (Å²) in [6, 6.07) is 6.44. The monoisotopic (exact) mass is 217 g/mol. The second-order valence-corrected chi connectivity index (χ2v) is 4.07. The van der Waals surface area contributed by atoms with E-state index in [1.165, 1.54) is 30.7 Å². The average molecular weight is 217 g/mol. The van der Waals surface area contributed by atoms with Crippen molar-refractivity contribution in [2.45, 2.75) is 25.8 Å². The molecule has 0 atom stereocenters. The molecule has 1 aromatic heterocycles. The summed E-state index contributed by atoms with van der Waals surface area (Å²) in [5.41, 5.74) is 3.03. The number of nitrogens with zero attached hydrogens (tertiary/aromatic N) is 3. The standard InChI is InChI=1S/C12H12FN3/c13-10-6-4-9(5-7-10)12-11-3-1-2-8-16(11)15-14-12/h4-7H,1-3,8H2. The lowest BCUT2D eigenvalue weighted by molar-refractivity contribution is 0.477. The number of hydrogen-bond donors (Lipinski definition) is 0. The van der Waals surface area contributed by atoms with Crippen LogP contribution in [0.2, 0.25) is 0 Å².